The number of amides is 2. The molecule has 12 nitrogen and oxygen atoms in total. The maximum absolute atomic E-state index is 16.8. The second kappa shape index (κ2) is 14.9. The van der Waals surface area contributed by atoms with Gasteiger partial charge >= 0.3 is 13.2 Å². The second-order valence-electron chi connectivity index (χ2n) is 17.0. The number of H-pyrrole nitrogens is 1. The normalized spacial score (nSPS) is 21.6. The number of fused-ring (bicyclic) bond motifs is 5. The molecule has 4 aliphatic heterocycles. The first-order valence-corrected chi connectivity index (χ1v) is 21.4. The number of imidazole rings is 1. The molecule has 16 heteroatoms. The molecule has 1 unspecified atom stereocenters. The lowest BCUT2D eigenvalue weighted by atomic mass is 9.78. The monoisotopic (exact) mass is 843 g/mol. The van der Waals surface area contributed by atoms with Gasteiger partial charge in [-0.05, 0) is 108 Å². The van der Waals surface area contributed by atoms with Crippen molar-refractivity contribution >= 4 is 58.4 Å². The van der Waals surface area contributed by atoms with E-state index in [1.807, 2.05) is 56.5 Å². The van der Waals surface area contributed by atoms with Crippen molar-refractivity contribution < 1.29 is 37.5 Å². The molecular formula is C43H48BClFN5O7S. The lowest BCUT2D eigenvalue weighted by Crippen LogP contribution is -2.53. The maximum Gasteiger partial charge on any atom is 0.494 e. The SMILES string of the molecule is COC(=O)N[C@@H](C(=O)N1CCC[C@H]1c1ncc(-c2cc(F)c3c(c2)OC(c2cc(C)c(C)s2)n2c-3c(Cl)c3cc(B4OC(C)(C)C(C)(C)O4)ccc32)[nH]1)C1CCOCC1. The number of carbonyl (C=O) groups excluding carboxylic acids is 2. The third kappa shape index (κ3) is 6.82. The lowest BCUT2D eigenvalue weighted by molar-refractivity contribution is -0.136. The van der Waals surface area contributed by atoms with Crippen LogP contribution in [0, 0.1) is 25.6 Å². The van der Waals surface area contributed by atoms with Crippen LogP contribution in [0.1, 0.15) is 86.8 Å². The van der Waals surface area contributed by atoms with Gasteiger partial charge in [-0.3, -0.25) is 9.36 Å². The van der Waals surface area contributed by atoms with Crippen molar-refractivity contribution in [1.82, 2.24) is 24.8 Å². The number of hydrogen-bond acceptors (Lipinski definition) is 9. The van der Waals surface area contributed by atoms with Gasteiger partial charge in [0.15, 0.2) is 0 Å². The van der Waals surface area contributed by atoms with Crippen molar-refractivity contribution in [2.75, 3.05) is 26.9 Å². The number of rotatable bonds is 7. The van der Waals surface area contributed by atoms with Crippen molar-refractivity contribution in [1.29, 1.82) is 0 Å². The van der Waals surface area contributed by atoms with E-state index in [4.69, 9.17) is 40.1 Å². The van der Waals surface area contributed by atoms with E-state index in [0.29, 0.717) is 72.6 Å². The number of benzene rings is 2. The molecule has 0 radical (unpaired) electrons. The van der Waals surface area contributed by atoms with Gasteiger partial charge < -0.3 is 38.7 Å². The molecule has 310 valence electrons. The number of carbonyl (C=O) groups is 2. The van der Waals surface area contributed by atoms with Gasteiger partial charge in [-0.2, -0.15) is 0 Å². The van der Waals surface area contributed by atoms with Gasteiger partial charge in [0.25, 0.3) is 0 Å². The first kappa shape index (κ1) is 40.0. The summed E-state index contributed by atoms with van der Waals surface area (Å²) in [5, 5.41) is 3.93. The molecule has 0 bridgehead atoms. The number of hydrogen-bond donors (Lipinski definition) is 2. The highest BCUT2D eigenvalue weighted by Crippen LogP contribution is 2.51. The van der Waals surface area contributed by atoms with Crippen LogP contribution in [0.2, 0.25) is 5.02 Å². The fourth-order valence-corrected chi connectivity index (χ4v) is 10.2. The van der Waals surface area contributed by atoms with Crippen molar-refractivity contribution in [3.63, 3.8) is 0 Å². The number of nitrogens with one attached hydrogen (secondary N) is 2. The third-order valence-corrected chi connectivity index (χ3v) is 14.5. The summed E-state index contributed by atoms with van der Waals surface area (Å²) in [6, 6.07) is 10.2. The van der Waals surface area contributed by atoms with Crippen LogP contribution in [-0.2, 0) is 23.6 Å². The molecule has 9 rings (SSSR count). The van der Waals surface area contributed by atoms with Crippen LogP contribution in [0.25, 0.3) is 33.4 Å². The lowest BCUT2D eigenvalue weighted by Gasteiger charge is -2.34. The largest absolute Gasteiger partial charge is 0.494 e. The minimum atomic E-state index is -0.755. The number of methoxy groups -OCH3 is 1. The molecule has 3 atom stereocenters. The van der Waals surface area contributed by atoms with Crippen molar-refractivity contribution in [2.24, 2.45) is 5.92 Å². The maximum atomic E-state index is 16.8. The van der Waals surface area contributed by atoms with Crippen LogP contribution in [0.3, 0.4) is 0 Å². The number of aromatic nitrogens is 3. The van der Waals surface area contributed by atoms with Gasteiger partial charge in [0, 0.05) is 35.6 Å². The van der Waals surface area contributed by atoms with Crippen molar-refractivity contribution in [2.45, 2.75) is 96.7 Å². The highest BCUT2D eigenvalue weighted by Gasteiger charge is 2.52. The minimum Gasteiger partial charge on any atom is -0.464 e. The predicted octanol–water partition coefficient (Wildman–Crippen LogP) is 8.22. The summed E-state index contributed by atoms with van der Waals surface area (Å²) in [5.41, 5.74) is 3.59. The highest BCUT2D eigenvalue weighted by molar-refractivity contribution is 7.12. The molecule has 2 N–H and O–H groups in total. The number of likely N-dealkylation sites (tertiary alicyclic amines) is 1. The van der Waals surface area contributed by atoms with E-state index in [1.54, 1.807) is 22.4 Å². The number of halogens is 2. The molecule has 0 saturated carbocycles. The quantitative estimate of drug-likeness (QED) is 0.157. The molecular weight excluding hydrogens is 796 g/mol. The van der Waals surface area contributed by atoms with Crippen molar-refractivity contribution in [3.05, 3.63) is 74.6 Å². The van der Waals surface area contributed by atoms with E-state index in [1.165, 1.54) is 13.2 Å². The van der Waals surface area contributed by atoms with Crippen LogP contribution in [0.5, 0.6) is 5.75 Å². The zero-order valence-corrected chi connectivity index (χ0v) is 35.8. The number of ether oxygens (including phenoxy) is 3. The average Bonchev–Trinajstić information content (AvgIpc) is 4.05. The zero-order valence-electron chi connectivity index (χ0n) is 34.2. The summed E-state index contributed by atoms with van der Waals surface area (Å²) >= 11 is 8.96. The standard InChI is InChI=1S/C43H48BClFN5O7S/c1-22-17-33(59-23(22)2)40-51-30-11-10-26(44-57-42(3,4)43(5,6)58-44)20-27(30)35(45)37(51)34-28(46)18-25(19-32(34)56-40)29-21-47-38(48-29)31-9-8-14-50(31)39(52)36(49-41(53)54-7)24-12-15-55-16-13-24/h10-11,17-21,24,31,36,40H,8-9,12-16H2,1-7H3,(H,47,48)(H,49,53)/t31-,36+,40?/m0/s1. The molecule has 0 aliphatic carbocycles. The highest BCUT2D eigenvalue weighted by atomic mass is 35.5. The van der Waals surface area contributed by atoms with Crippen LogP contribution in [-0.4, -0.2) is 82.7 Å². The van der Waals surface area contributed by atoms with E-state index in [0.717, 1.165) is 38.1 Å². The fraction of sp³-hybridized carbons (Fsp3) is 0.465. The number of thiophene rings is 1. The molecule has 3 aromatic heterocycles. The Kier molecular flexibility index (Phi) is 10.1. The summed E-state index contributed by atoms with van der Waals surface area (Å²) < 4.78 is 48.8. The Labute approximate surface area is 351 Å². The fourth-order valence-electron chi connectivity index (χ4n) is 8.80. The number of alkyl carbamates (subject to hydrolysis) is 1. The van der Waals surface area contributed by atoms with E-state index >= 15 is 4.39 Å². The molecule has 0 spiro atoms. The molecule has 59 heavy (non-hydrogen) atoms. The minimum absolute atomic E-state index is 0.0857. The summed E-state index contributed by atoms with van der Waals surface area (Å²) in [7, 11) is 0.688. The van der Waals surface area contributed by atoms with Gasteiger partial charge in [0.1, 0.15) is 23.4 Å². The summed E-state index contributed by atoms with van der Waals surface area (Å²) in [6.07, 6.45) is 3.13. The Balaban J connectivity index is 1.07. The summed E-state index contributed by atoms with van der Waals surface area (Å²) in [6.45, 7) is 13.8. The average molecular weight is 844 g/mol. The Morgan fingerprint density at radius 2 is 1.83 bits per heavy atom. The van der Waals surface area contributed by atoms with Crippen molar-refractivity contribution in [3.8, 4) is 28.3 Å². The first-order chi connectivity index (χ1) is 28.2. The van der Waals surface area contributed by atoms with Gasteiger partial charge in [0.2, 0.25) is 12.1 Å². The number of aromatic amines is 1. The second-order valence-corrected chi connectivity index (χ2v) is 18.7. The van der Waals surface area contributed by atoms with E-state index < -0.39 is 42.5 Å². The topological polar surface area (TPSA) is 129 Å². The molecule has 3 saturated heterocycles. The van der Waals surface area contributed by atoms with Crippen LogP contribution in [0.15, 0.2) is 42.6 Å². The van der Waals surface area contributed by atoms with Gasteiger partial charge in [-0.15, -0.1) is 11.3 Å². The molecule has 4 aliphatic rings. The Bertz CT molecular complexity index is 2440. The Hall–Kier alpha value is -4.41. The van der Waals surface area contributed by atoms with Gasteiger partial charge in [-0.1, -0.05) is 23.7 Å². The molecule has 2 aromatic carbocycles. The van der Waals surface area contributed by atoms with E-state index in [9.17, 15) is 9.59 Å². The summed E-state index contributed by atoms with van der Waals surface area (Å²) in [4.78, 5) is 38.5. The van der Waals surface area contributed by atoms with E-state index in [-0.39, 0.29) is 23.4 Å². The smallest absolute Gasteiger partial charge is 0.464 e. The molecule has 3 fully saturated rings. The zero-order chi connectivity index (χ0) is 41.5. The Morgan fingerprint density at radius 1 is 1.08 bits per heavy atom. The number of aryl methyl sites for hydroxylation is 2. The van der Waals surface area contributed by atoms with Gasteiger partial charge in [-0.25, -0.2) is 14.2 Å². The number of nitrogens with zero attached hydrogens (tertiary/aromatic N) is 3. The first-order valence-electron chi connectivity index (χ1n) is 20.2. The van der Waals surface area contributed by atoms with Crippen LogP contribution in [0.4, 0.5) is 9.18 Å². The Morgan fingerprint density at radius 3 is 2.53 bits per heavy atom. The predicted molar refractivity (Wildman–Crippen MR) is 225 cm³/mol. The third-order valence-electron chi connectivity index (χ3n) is 12.9. The molecule has 7 heterocycles. The van der Waals surface area contributed by atoms with Crippen LogP contribution < -0.4 is 15.5 Å². The molecule has 5 aromatic rings. The summed E-state index contributed by atoms with van der Waals surface area (Å²) in [5.74, 6) is 0.152. The van der Waals surface area contributed by atoms with Crippen LogP contribution >= 0.6 is 22.9 Å². The van der Waals surface area contributed by atoms with Gasteiger partial charge in [0.05, 0.1) is 62.9 Å². The molecule has 2 amide bonds. The van der Waals surface area contributed by atoms with E-state index in [2.05, 4.69) is 30.2 Å².